The largest absolute Gasteiger partial charge is 0.453 e. The SMILES string of the molecule is CC(C)CCC(=O)OC(C)C(F)(F)F. The standard InChI is InChI=1S/C9H15F3O2/c1-6(2)4-5-8(13)14-7(3)9(10,11)12/h6-7H,4-5H2,1-3H3. The molecule has 0 aliphatic rings. The molecular weight excluding hydrogens is 197 g/mol. The van der Waals surface area contributed by atoms with Crippen molar-refractivity contribution in [3.05, 3.63) is 0 Å². The molecule has 0 aliphatic heterocycles. The third-order valence-electron chi connectivity index (χ3n) is 1.69. The van der Waals surface area contributed by atoms with E-state index in [1.165, 1.54) is 0 Å². The molecule has 0 radical (unpaired) electrons. The molecule has 0 aromatic carbocycles. The number of alkyl halides is 3. The second kappa shape index (κ2) is 5.22. The predicted molar refractivity (Wildman–Crippen MR) is 45.7 cm³/mol. The van der Waals surface area contributed by atoms with Gasteiger partial charge in [0, 0.05) is 6.42 Å². The van der Waals surface area contributed by atoms with Crippen LogP contribution in [0.5, 0.6) is 0 Å². The number of esters is 1. The lowest BCUT2D eigenvalue weighted by Crippen LogP contribution is -2.30. The maximum atomic E-state index is 11.9. The first-order valence-electron chi connectivity index (χ1n) is 4.49. The van der Waals surface area contributed by atoms with Crippen LogP contribution in [0.3, 0.4) is 0 Å². The Hall–Kier alpha value is -0.740. The van der Waals surface area contributed by atoms with E-state index in [1.54, 1.807) is 0 Å². The zero-order valence-corrected chi connectivity index (χ0v) is 8.52. The van der Waals surface area contributed by atoms with Gasteiger partial charge in [0.25, 0.3) is 0 Å². The summed E-state index contributed by atoms with van der Waals surface area (Å²) in [5, 5.41) is 0. The normalized spacial score (nSPS) is 14.2. The molecule has 0 aliphatic carbocycles. The van der Waals surface area contributed by atoms with Gasteiger partial charge >= 0.3 is 12.1 Å². The summed E-state index contributed by atoms with van der Waals surface area (Å²) >= 11 is 0. The van der Waals surface area contributed by atoms with Crippen molar-refractivity contribution in [1.82, 2.24) is 0 Å². The Bertz CT molecular complexity index is 187. The number of carbonyl (C=O) groups is 1. The van der Waals surface area contributed by atoms with Gasteiger partial charge in [-0.05, 0) is 19.3 Å². The van der Waals surface area contributed by atoms with E-state index in [1.807, 2.05) is 13.8 Å². The lowest BCUT2D eigenvalue weighted by Gasteiger charge is -2.16. The van der Waals surface area contributed by atoms with Crippen molar-refractivity contribution < 1.29 is 22.7 Å². The molecule has 0 fully saturated rings. The summed E-state index contributed by atoms with van der Waals surface area (Å²) in [6.45, 7) is 4.61. The molecule has 2 nitrogen and oxygen atoms in total. The van der Waals surface area contributed by atoms with Crippen molar-refractivity contribution in [2.24, 2.45) is 5.92 Å². The van der Waals surface area contributed by atoms with Gasteiger partial charge in [-0.3, -0.25) is 4.79 Å². The van der Waals surface area contributed by atoms with E-state index < -0.39 is 18.2 Å². The molecule has 0 spiro atoms. The number of carbonyl (C=O) groups excluding carboxylic acids is 1. The Kier molecular flexibility index (Phi) is 4.94. The van der Waals surface area contributed by atoms with Gasteiger partial charge in [-0.1, -0.05) is 13.8 Å². The van der Waals surface area contributed by atoms with E-state index >= 15 is 0 Å². The number of hydrogen-bond donors (Lipinski definition) is 0. The highest BCUT2D eigenvalue weighted by molar-refractivity contribution is 5.69. The molecule has 0 N–H and O–H groups in total. The molecule has 84 valence electrons. The van der Waals surface area contributed by atoms with E-state index in [2.05, 4.69) is 4.74 Å². The van der Waals surface area contributed by atoms with Gasteiger partial charge in [0.15, 0.2) is 6.10 Å². The number of ether oxygens (including phenoxy) is 1. The molecule has 0 heterocycles. The average molecular weight is 212 g/mol. The fraction of sp³-hybridized carbons (Fsp3) is 0.889. The molecule has 14 heavy (non-hydrogen) atoms. The Morgan fingerprint density at radius 2 is 1.79 bits per heavy atom. The summed E-state index contributed by atoms with van der Waals surface area (Å²) in [6, 6.07) is 0. The zero-order chi connectivity index (χ0) is 11.4. The summed E-state index contributed by atoms with van der Waals surface area (Å²) in [5.41, 5.74) is 0. The number of rotatable bonds is 4. The van der Waals surface area contributed by atoms with Crippen molar-refractivity contribution in [2.75, 3.05) is 0 Å². The fourth-order valence-electron chi connectivity index (χ4n) is 0.729. The van der Waals surface area contributed by atoms with Gasteiger partial charge in [0.1, 0.15) is 0 Å². The van der Waals surface area contributed by atoms with Crippen LogP contribution in [-0.2, 0) is 9.53 Å². The summed E-state index contributed by atoms with van der Waals surface area (Å²) < 4.78 is 40.0. The van der Waals surface area contributed by atoms with Gasteiger partial charge in [-0.25, -0.2) is 0 Å². The molecule has 0 aromatic rings. The van der Waals surface area contributed by atoms with Gasteiger partial charge in [0.2, 0.25) is 0 Å². The van der Waals surface area contributed by atoms with Crippen molar-refractivity contribution >= 4 is 5.97 Å². The molecule has 0 rings (SSSR count). The summed E-state index contributed by atoms with van der Waals surface area (Å²) in [7, 11) is 0. The van der Waals surface area contributed by atoms with Crippen molar-refractivity contribution in [3.8, 4) is 0 Å². The maximum Gasteiger partial charge on any atom is 0.425 e. The first-order chi connectivity index (χ1) is 6.23. The third kappa shape index (κ3) is 5.83. The van der Waals surface area contributed by atoms with E-state index in [-0.39, 0.29) is 12.3 Å². The molecule has 0 saturated heterocycles. The van der Waals surface area contributed by atoms with Crippen LogP contribution >= 0.6 is 0 Å². The predicted octanol–water partition coefficient (Wildman–Crippen LogP) is 2.92. The molecule has 0 amide bonds. The summed E-state index contributed by atoms with van der Waals surface area (Å²) in [6.07, 6.45) is -5.89. The third-order valence-corrected chi connectivity index (χ3v) is 1.69. The highest BCUT2D eigenvalue weighted by Crippen LogP contribution is 2.22. The monoisotopic (exact) mass is 212 g/mol. The minimum atomic E-state index is -4.46. The van der Waals surface area contributed by atoms with Crippen molar-refractivity contribution in [1.29, 1.82) is 0 Å². The van der Waals surface area contributed by atoms with Gasteiger partial charge in [0.05, 0.1) is 0 Å². The van der Waals surface area contributed by atoms with Crippen LogP contribution in [0.2, 0.25) is 0 Å². The summed E-state index contributed by atoms with van der Waals surface area (Å²) in [5.74, 6) is -0.507. The van der Waals surface area contributed by atoms with Crippen molar-refractivity contribution in [3.63, 3.8) is 0 Å². The molecule has 1 unspecified atom stereocenters. The van der Waals surface area contributed by atoms with Crippen LogP contribution in [0.4, 0.5) is 13.2 Å². The van der Waals surface area contributed by atoms with E-state index in [0.717, 1.165) is 6.92 Å². The Morgan fingerprint density at radius 3 is 2.14 bits per heavy atom. The number of halogens is 3. The van der Waals surface area contributed by atoms with Gasteiger partial charge in [-0.15, -0.1) is 0 Å². The molecule has 1 atom stereocenters. The van der Waals surface area contributed by atoms with Gasteiger partial charge < -0.3 is 4.74 Å². The quantitative estimate of drug-likeness (QED) is 0.670. The fourth-order valence-corrected chi connectivity index (χ4v) is 0.729. The Morgan fingerprint density at radius 1 is 1.29 bits per heavy atom. The minimum Gasteiger partial charge on any atom is -0.453 e. The van der Waals surface area contributed by atoms with Crippen LogP contribution in [0.25, 0.3) is 0 Å². The second-order valence-corrected chi connectivity index (χ2v) is 3.61. The summed E-state index contributed by atoms with van der Waals surface area (Å²) in [4.78, 5) is 10.9. The van der Waals surface area contributed by atoms with Crippen LogP contribution in [0.1, 0.15) is 33.6 Å². The van der Waals surface area contributed by atoms with E-state index in [9.17, 15) is 18.0 Å². The lowest BCUT2D eigenvalue weighted by atomic mass is 10.1. The molecular formula is C9H15F3O2. The van der Waals surface area contributed by atoms with Crippen molar-refractivity contribution in [2.45, 2.75) is 45.9 Å². The Balaban J connectivity index is 3.84. The zero-order valence-electron chi connectivity index (χ0n) is 8.52. The second-order valence-electron chi connectivity index (χ2n) is 3.61. The van der Waals surface area contributed by atoms with Crippen LogP contribution in [0.15, 0.2) is 0 Å². The highest BCUT2D eigenvalue weighted by Gasteiger charge is 2.38. The average Bonchev–Trinajstić information content (AvgIpc) is 1.99. The van der Waals surface area contributed by atoms with Crippen LogP contribution in [0, 0.1) is 5.92 Å². The topological polar surface area (TPSA) is 26.3 Å². The van der Waals surface area contributed by atoms with Crippen LogP contribution in [-0.4, -0.2) is 18.2 Å². The molecule has 5 heteroatoms. The Labute approximate surface area is 81.4 Å². The van der Waals surface area contributed by atoms with E-state index in [4.69, 9.17) is 0 Å². The highest BCUT2D eigenvalue weighted by atomic mass is 19.4. The molecule has 0 saturated carbocycles. The first-order valence-corrected chi connectivity index (χ1v) is 4.49. The van der Waals surface area contributed by atoms with E-state index in [0.29, 0.717) is 6.42 Å². The molecule has 0 aromatic heterocycles. The van der Waals surface area contributed by atoms with Gasteiger partial charge in [-0.2, -0.15) is 13.2 Å². The number of hydrogen-bond acceptors (Lipinski definition) is 2. The first kappa shape index (κ1) is 13.3. The maximum absolute atomic E-state index is 11.9. The smallest absolute Gasteiger partial charge is 0.425 e. The minimum absolute atomic E-state index is 0.0398. The molecule has 0 bridgehead atoms. The lowest BCUT2D eigenvalue weighted by molar-refractivity contribution is -0.216. The van der Waals surface area contributed by atoms with Crippen LogP contribution < -0.4 is 0 Å².